The Labute approximate surface area is 152 Å². The smallest absolute Gasteiger partial charge is 0.309 e. The molecule has 0 radical (unpaired) electrons. The number of halogens is 1. The van der Waals surface area contributed by atoms with E-state index >= 15 is 0 Å². The fraction of sp³-hybridized carbons (Fsp3) is 0.579. The van der Waals surface area contributed by atoms with Gasteiger partial charge in [0.1, 0.15) is 5.78 Å². The van der Waals surface area contributed by atoms with Crippen molar-refractivity contribution in [2.24, 2.45) is 11.8 Å². The number of ketones is 1. The zero-order valence-corrected chi connectivity index (χ0v) is 16.3. The first kappa shape index (κ1) is 18.4. The van der Waals surface area contributed by atoms with E-state index in [9.17, 15) is 9.59 Å². The monoisotopic (exact) mass is 428 g/mol. The number of carbonyl (C=O) groups excluding carboxylic acids is 2. The number of hydrogen-bond acceptors (Lipinski definition) is 3. The maximum atomic E-state index is 12.9. The van der Waals surface area contributed by atoms with Gasteiger partial charge in [-0.3, -0.25) is 9.59 Å². The third kappa shape index (κ3) is 4.55. The Kier molecular flexibility index (Phi) is 6.62. The lowest BCUT2D eigenvalue weighted by molar-refractivity contribution is -0.153. The van der Waals surface area contributed by atoms with Gasteiger partial charge in [-0.1, -0.05) is 12.8 Å². The molecule has 1 aliphatic carbocycles. The van der Waals surface area contributed by atoms with E-state index in [0.717, 1.165) is 42.4 Å². The van der Waals surface area contributed by atoms with Crippen LogP contribution in [-0.4, -0.2) is 18.4 Å². The van der Waals surface area contributed by atoms with Gasteiger partial charge < -0.3 is 4.74 Å². The molecule has 3 nitrogen and oxygen atoms in total. The van der Waals surface area contributed by atoms with Crippen molar-refractivity contribution < 1.29 is 14.3 Å². The quantitative estimate of drug-likeness (QED) is 0.516. The molecule has 2 rings (SSSR count). The first-order valence-electron chi connectivity index (χ1n) is 8.39. The maximum Gasteiger partial charge on any atom is 0.309 e. The van der Waals surface area contributed by atoms with Gasteiger partial charge in [0.05, 0.1) is 12.5 Å². The SMILES string of the molecule is CCOC(=O)C1CCCCC1C(=O)Cc1c(C)cc(I)cc1C. The van der Waals surface area contributed by atoms with E-state index in [1.807, 2.05) is 6.92 Å². The standard InChI is InChI=1S/C19H25IO3/c1-4-23-19(22)16-8-6-5-7-15(16)18(21)11-17-12(2)9-14(20)10-13(17)3/h9-10,15-16H,4-8,11H2,1-3H3. The highest BCUT2D eigenvalue weighted by atomic mass is 127. The highest BCUT2D eigenvalue weighted by Crippen LogP contribution is 2.33. The Morgan fingerprint density at radius 3 is 2.26 bits per heavy atom. The topological polar surface area (TPSA) is 43.4 Å². The highest BCUT2D eigenvalue weighted by Gasteiger charge is 2.36. The lowest BCUT2D eigenvalue weighted by Crippen LogP contribution is -2.35. The summed E-state index contributed by atoms with van der Waals surface area (Å²) in [5.41, 5.74) is 3.43. The van der Waals surface area contributed by atoms with E-state index in [4.69, 9.17) is 4.74 Å². The summed E-state index contributed by atoms with van der Waals surface area (Å²) in [7, 11) is 0. The minimum atomic E-state index is -0.249. The van der Waals surface area contributed by atoms with Crippen LogP contribution in [0.15, 0.2) is 12.1 Å². The summed E-state index contributed by atoms with van der Waals surface area (Å²) in [6.07, 6.45) is 4.05. The van der Waals surface area contributed by atoms with Gasteiger partial charge in [0.2, 0.25) is 0 Å². The summed E-state index contributed by atoms with van der Waals surface area (Å²) in [5.74, 6) is -0.432. The average molecular weight is 428 g/mol. The van der Waals surface area contributed by atoms with Crippen LogP contribution in [0.25, 0.3) is 0 Å². The van der Waals surface area contributed by atoms with Gasteiger partial charge in [-0.05, 0) is 85.0 Å². The van der Waals surface area contributed by atoms with Crippen LogP contribution in [0.2, 0.25) is 0 Å². The first-order valence-corrected chi connectivity index (χ1v) is 9.46. The van der Waals surface area contributed by atoms with Crippen LogP contribution in [-0.2, 0) is 20.7 Å². The molecule has 0 saturated heterocycles. The molecular weight excluding hydrogens is 403 g/mol. The molecule has 2 unspecified atom stereocenters. The Hall–Kier alpha value is -0.910. The number of ether oxygens (including phenoxy) is 1. The van der Waals surface area contributed by atoms with Crippen molar-refractivity contribution >= 4 is 34.3 Å². The van der Waals surface area contributed by atoms with Gasteiger partial charge in [0.15, 0.2) is 0 Å². The van der Waals surface area contributed by atoms with E-state index in [1.54, 1.807) is 0 Å². The molecule has 0 bridgehead atoms. The Bertz CT molecular complexity index is 571. The van der Waals surface area contributed by atoms with Gasteiger partial charge in [-0.15, -0.1) is 0 Å². The van der Waals surface area contributed by atoms with Gasteiger partial charge >= 0.3 is 5.97 Å². The number of esters is 1. The predicted molar refractivity (Wildman–Crippen MR) is 99.4 cm³/mol. The number of benzene rings is 1. The van der Waals surface area contributed by atoms with Crippen LogP contribution in [0.4, 0.5) is 0 Å². The molecule has 1 aliphatic rings. The zero-order valence-electron chi connectivity index (χ0n) is 14.2. The van der Waals surface area contributed by atoms with E-state index in [2.05, 4.69) is 48.6 Å². The molecule has 1 fully saturated rings. The molecule has 1 aromatic rings. The number of Topliss-reactive ketones (excluding diaryl/α,β-unsaturated/α-hetero) is 1. The molecule has 126 valence electrons. The molecule has 0 aliphatic heterocycles. The summed E-state index contributed by atoms with van der Waals surface area (Å²) in [5, 5.41) is 0. The van der Waals surface area contributed by atoms with Crippen molar-refractivity contribution in [2.45, 2.75) is 52.9 Å². The Morgan fingerprint density at radius 1 is 1.13 bits per heavy atom. The van der Waals surface area contributed by atoms with E-state index in [1.165, 1.54) is 3.57 Å². The average Bonchev–Trinajstić information content (AvgIpc) is 2.51. The lowest BCUT2D eigenvalue weighted by atomic mass is 9.75. The van der Waals surface area contributed by atoms with Crippen molar-refractivity contribution in [1.82, 2.24) is 0 Å². The molecule has 0 spiro atoms. The zero-order chi connectivity index (χ0) is 17.0. The fourth-order valence-electron chi connectivity index (χ4n) is 3.57. The van der Waals surface area contributed by atoms with E-state index in [0.29, 0.717) is 13.0 Å². The van der Waals surface area contributed by atoms with Crippen LogP contribution >= 0.6 is 22.6 Å². The lowest BCUT2D eigenvalue weighted by Gasteiger charge is -2.29. The van der Waals surface area contributed by atoms with Crippen LogP contribution in [0.1, 0.15) is 49.3 Å². The van der Waals surface area contributed by atoms with Crippen LogP contribution in [0, 0.1) is 29.3 Å². The molecule has 2 atom stereocenters. The van der Waals surface area contributed by atoms with Crippen LogP contribution in [0.3, 0.4) is 0 Å². The fourth-order valence-corrected chi connectivity index (χ4v) is 4.51. The van der Waals surface area contributed by atoms with E-state index in [-0.39, 0.29) is 23.6 Å². The first-order chi connectivity index (χ1) is 10.9. The Morgan fingerprint density at radius 2 is 1.70 bits per heavy atom. The van der Waals surface area contributed by atoms with Crippen molar-refractivity contribution in [2.75, 3.05) is 6.61 Å². The van der Waals surface area contributed by atoms with Crippen molar-refractivity contribution in [1.29, 1.82) is 0 Å². The summed E-state index contributed by atoms with van der Waals surface area (Å²) < 4.78 is 6.37. The molecule has 0 amide bonds. The summed E-state index contributed by atoms with van der Waals surface area (Å²) in [6.45, 7) is 6.31. The normalized spacial score (nSPS) is 21.0. The molecule has 1 saturated carbocycles. The molecule has 4 heteroatoms. The number of rotatable bonds is 5. The minimum Gasteiger partial charge on any atom is -0.466 e. The van der Waals surface area contributed by atoms with Gasteiger partial charge in [0, 0.05) is 15.9 Å². The largest absolute Gasteiger partial charge is 0.466 e. The molecular formula is C19H25IO3. The van der Waals surface area contributed by atoms with Crippen molar-refractivity contribution in [3.05, 3.63) is 32.4 Å². The van der Waals surface area contributed by atoms with Crippen LogP contribution in [0.5, 0.6) is 0 Å². The molecule has 0 N–H and O–H groups in total. The van der Waals surface area contributed by atoms with Crippen molar-refractivity contribution in [3.8, 4) is 0 Å². The third-order valence-corrected chi connectivity index (χ3v) is 5.40. The second-order valence-electron chi connectivity index (χ2n) is 6.41. The van der Waals surface area contributed by atoms with Gasteiger partial charge in [-0.2, -0.15) is 0 Å². The summed E-state index contributed by atoms with van der Waals surface area (Å²) in [6, 6.07) is 4.22. The van der Waals surface area contributed by atoms with Gasteiger partial charge in [-0.25, -0.2) is 0 Å². The van der Waals surface area contributed by atoms with Gasteiger partial charge in [0.25, 0.3) is 0 Å². The number of carbonyl (C=O) groups is 2. The molecule has 0 aromatic heterocycles. The molecule has 23 heavy (non-hydrogen) atoms. The summed E-state index contributed by atoms with van der Waals surface area (Å²) >= 11 is 2.30. The molecule has 1 aromatic carbocycles. The van der Waals surface area contributed by atoms with Crippen molar-refractivity contribution in [3.63, 3.8) is 0 Å². The predicted octanol–water partition coefficient (Wildman–Crippen LogP) is 4.39. The van der Waals surface area contributed by atoms with Crippen LogP contribution < -0.4 is 0 Å². The third-order valence-electron chi connectivity index (χ3n) is 4.78. The Balaban J connectivity index is 2.16. The molecule has 0 heterocycles. The van der Waals surface area contributed by atoms with E-state index < -0.39 is 0 Å². The maximum absolute atomic E-state index is 12.9. The highest BCUT2D eigenvalue weighted by molar-refractivity contribution is 14.1. The number of hydrogen-bond donors (Lipinski definition) is 0. The summed E-state index contributed by atoms with van der Waals surface area (Å²) in [4.78, 5) is 25.0. The number of aryl methyl sites for hydroxylation is 2. The second-order valence-corrected chi connectivity index (χ2v) is 7.66. The second kappa shape index (κ2) is 8.27. The minimum absolute atomic E-state index is 0.180.